The van der Waals surface area contributed by atoms with Crippen LogP contribution in [0.3, 0.4) is 0 Å². The Morgan fingerprint density at radius 1 is 1.21 bits per heavy atom. The highest BCUT2D eigenvalue weighted by molar-refractivity contribution is 6.06. The van der Waals surface area contributed by atoms with Crippen LogP contribution in [-0.2, 0) is 6.18 Å². The van der Waals surface area contributed by atoms with E-state index >= 15 is 0 Å². The zero-order chi connectivity index (χ0) is 21.8. The van der Waals surface area contributed by atoms with Crippen LogP contribution >= 0.6 is 0 Å². The molecule has 0 spiro atoms. The molecule has 0 fully saturated rings. The van der Waals surface area contributed by atoms with Crippen molar-refractivity contribution in [2.75, 3.05) is 11.9 Å². The summed E-state index contributed by atoms with van der Waals surface area (Å²) in [5, 5.41) is 10.9. The van der Waals surface area contributed by atoms with Crippen molar-refractivity contribution in [3.05, 3.63) is 47.2 Å². The van der Waals surface area contributed by atoms with E-state index in [1.54, 1.807) is 0 Å². The Kier molecular flexibility index (Phi) is 6.66. The molecule has 2 rings (SSSR count). The number of aliphatic imine (C=N–C) groups is 1. The number of hydrogen-bond acceptors (Lipinski definition) is 2. The minimum Gasteiger partial charge on any atom is -0.355 e. The Morgan fingerprint density at radius 2 is 1.83 bits per heavy atom. The fourth-order valence-electron chi connectivity index (χ4n) is 2.17. The Balaban J connectivity index is 2.24. The molecule has 29 heavy (non-hydrogen) atoms. The zero-order valence-corrected chi connectivity index (χ0v) is 16.5. The third-order valence-electron chi connectivity index (χ3n) is 3.75. The molecule has 0 aliphatic carbocycles. The van der Waals surface area contributed by atoms with Crippen molar-refractivity contribution in [3.8, 4) is 0 Å². The highest BCUT2D eigenvalue weighted by Gasteiger charge is 2.33. The van der Waals surface area contributed by atoms with Gasteiger partial charge in [0.25, 0.3) is 5.91 Å². The maximum absolute atomic E-state index is 13.3. The minimum absolute atomic E-state index is 0.0481. The van der Waals surface area contributed by atoms with E-state index in [-0.39, 0.29) is 22.8 Å². The molecular formula is C19H23F4N5O. The first-order valence-electron chi connectivity index (χ1n) is 8.86. The second kappa shape index (κ2) is 8.62. The molecule has 3 N–H and O–H groups in total. The molecule has 0 radical (unpaired) electrons. The fourth-order valence-corrected chi connectivity index (χ4v) is 2.17. The molecule has 1 aromatic heterocycles. The fraction of sp³-hybridized carbons (Fsp3) is 0.421. The first-order valence-corrected chi connectivity index (χ1v) is 8.86. The van der Waals surface area contributed by atoms with Gasteiger partial charge in [0.05, 0.1) is 0 Å². The van der Waals surface area contributed by atoms with Crippen LogP contribution in [0, 0.1) is 5.41 Å². The lowest BCUT2D eigenvalue weighted by Gasteiger charge is -2.20. The van der Waals surface area contributed by atoms with Crippen LogP contribution in [0.4, 0.5) is 23.4 Å². The number of alkyl halides is 4. The Bertz CT molecular complexity index is 864. The topological polar surface area (TPSA) is 82.2 Å². The predicted octanol–water partition coefficient (Wildman–Crippen LogP) is 4.70. The van der Waals surface area contributed by atoms with Crippen molar-refractivity contribution >= 4 is 17.7 Å². The van der Waals surface area contributed by atoms with Gasteiger partial charge in [0, 0.05) is 18.2 Å². The molecule has 158 valence electrons. The third-order valence-corrected chi connectivity index (χ3v) is 3.75. The van der Waals surface area contributed by atoms with E-state index < -0.39 is 23.9 Å². The highest BCUT2D eigenvalue weighted by Crippen LogP contribution is 2.28. The van der Waals surface area contributed by atoms with Crippen LogP contribution in [0.25, 0.3) is 0 Å². The van der Waals surface area contributed by atoms with Crippen molar-refractivity contribution < 1.29 is 22.4 Å². The first kappa shape index (κ1) is 22.4. The number of nitrogens with one attached hydrogen (secondary N) is 3. The average Bonchev–Trinajstić information content (AvgIpc) is 3.08. The SMILES string of the molecule is CC(F)c1ccc(C(=O)/N=C(/NCC(C)(C)C)Nc2cc(C(F)(F)F)[nH]n2)cc1. The monoisotopic (exact) mass is 413 g/mol. The summed E-state index contributed by atoms with van der Waals surface area (Å²) in [6, 6.07) is 6.61. The lowest BCUT2D eigenvalue weighted by Crippen LogP contribution is -2.37. The Labute approximate surface area is 165 Å². The van der Waals surface area contributed by atoms with Crippen molar-refractivity contribution in [3.63, 3.8) is 0 Å². The molecule has 1 amide bonds. The highest BCUT2D eigenvalue weighted by atomic mass is 19.4. The number of aromatic amines is 1. The number of carbonyl (C=O) groups excluding carboxylic acids is 1. The quantitative estimate of drug-likeness (QED) is 0.385. The van der Waals surface area contributed by atoms with Crippen molar-refractivity contribution in [2.24, 2.45) is 10.4 Å². The van der Waals surface area contributed by atoms with Gasteiger partial charge in [-0.3, -0.25) is 9.89 Å². The van der Waals surface area contributed by atoms with Gasteiger partial charge in [0.15, 0.2) is 5.82 Å². The summed E-state index contributed by atoms with van der Waals surface area (Å²) < 4.78 is 51.5. The third kappa shape index (κ3) is 6.88. The van der Waals surface area contributed by atoms with Crippen LogP contribution in [-0.4, -0.2) is 28.6 Å². The van der Waals surface area contributed by atoms with Crippen molar-refractivity contribution in [1.82, 2.24) is 15.5 Å². The number of hydrogen-bond donors (Lipinski definition) is 3. The second-order valence-electron chi connectivity index (χ2n) is 7.71. The smallest absolute Gasteiger partial charge is 0.355 e. The number of rotatable bonds is 4. The lowest BCUT2D eigenvalue weighted by atomic mass is 9.97. The van der Waals surface area contributed by atoms with Crippen LogP contribution in [0.2, 0.25) is 0 Å². The molecule has 0 bridgehead atoms. The van der Waals surface area contributed by atoms with Gasteiger partial charge >= 0.3 is 6.18 Å². The van der Waals surface area contributed by atoms with Crippen molar-refractivity contribution in [1.29, 1.82) is 0 Å². The first-order chi connectivity index (χ1) is 13.3. The number of carbonyl (C=O) groups is 1. The van der Waals surface area contributed by atoms with E-state index in [0.717, 1.165) is 6.07 Å². The van der Waals surface area contributed by atoms with Gasteiger partial charge in [-0.25, -0.2) is 4.39 Å². The number of H-pyrrole nitrogens is 1. The normalized spacial score (nSPS) is 13.9. The van der Waals surface area contributed by atoms with Gasteiger partial charge in [-0.05, 0) is 30.0 Å². The van der Waals surface area contributed by atoms with Gasteiger partial charge in [-0.1, -0.05) is 32.9 Å². The lowest BCUT2D eigenvalue weighted by molar-refractivity contribution is -0.141. The maximum atomic E-state index is 13.3. The van der Waals surface area contributed by atoms with Gasteiger partial charge in [0.1, 0.15) is 11.9 Å². The maximum Gasteiger partial charge on any atom is 0.432 e. The van der Waals surface area contributed by atoms with E-state index in [1.807, 2.05) is 25.9 Å². The molecule has 0 saturated heterocycles. The van der Waals surface area contributed by atoms with E-state index in [4.69, 9.17) is 0 Å². The number of anilines is 1. The molecule has 0 aliphatic heterocycles. The summed E-state index contributed by atoms with van der Waals surface area (Å²) >= 11 is 0. The number of benzene rings is 1. The van der Waals surface area contributed by atoms with Gasteiger partial charge in [-0.15, -0.1) is 0 Å². The summed E-state index contributed by atoms with van der Waals surface area (Å²) in [5.74, 6) is -0.835. The molecule has 6 nitrogen and oxygen atoms in total. The zero-order valence-electron chi connectivity index (χ0n) is 16.5. The molecule has 2 aromatic rings. The number of nitrogens with zero attached hydrogens (tertiary/aromatic N) is 2. The Hall–Kier alpha value is -2.91. The second-order valence-corrected chi connectivity index (χ2v) is 7.71. The summed E-state index contributed by atoms with van der Waals surface area (Å²) in [6.45, 7) is 7.58. The molecule has 0 aliphatic rings. The molecular weight excluding hydrogens is 390 g/mol. The van der Waals surface area contributed by atoms with Crippen LogP contribution in [0.5, 0.6) is 0 Å². The largest absolute Gasteiger partial charge is 0.432 e. The average molecular weight is 413 g/mol. The van der Waals surface area contributed by atoms with Gasteiger partial charge in [-0.2, -0.15) is 23.3 Å². The standard InChI is InChI=1S/C19H23F4N5O/c1-11(20)12-5-7-13(8-6-12)16(29)26-17(24-10-18(2,3)4)25-15-9-14(27-28-15)19(21,22)23/h5-9,11H,10H2,1-4H3,(H3,24,25,26,27,28,29). The van der Waals surface area contributed by atoms with Crippen LogP contribution in [0.1, 0.15) is 55.5 Å². The molecule has 1 aromatic carbocycles. The van der Waals surface area contributed by atoms with E-state index in [2.05, 4.69) is 20.7 Å². The van der Waals surface area contributed by atoms with E-state index in [1.165, 1.54) is 31.2 Å². The van der Waals surface area contributed by atoms with Crippen molar-refractivity contribution in [2.45, 2.75) is 40.0 Å². The Morgan fingerprint density at radius 3 is 2.31 bits per heavy atom. The number of aromatic nitrogens is 2. The summed E-state index contributed by atoms with van der Waals surface area (Å²) in [5.41, 5.74) is -0.583. The number of amides is 1. The van der Waals surface area contributed by atoms with Gasteiger partial charge < -0.3 is 10.6 Å². The summed E-state index contributed by atoms with van der Waals surface area (Å²) in [7, 11) is 0. The van der Waals surface area contributed by atoms with Crippen LogP contribution < -0.4 is 10.6 Å². The number of halogens is 4. The molecule has 1 atom stereocenters. The van der Waals surface area contributed by atoms with Gasteiger partial charge in [0.2, 0.25) is 5.96 Å². The molecule has 1 heterocycles. The van der Waals surface area contributed by atoms with E-state index in [0.29, 0.717) is 12.1 Å². The number of guanidine groups is 1. The predicted molar refractivity (Wildman–Crippen MR) is 102 cm³/mol. The minimum atomic E-state index is -4.58. The summed E-state index contributed by atoms with van der Waals surface area (Å²) in [6.07, 6.45) is -5.75. The molecule has 0 saturated carbocycles. The molecule has 1 unspecified atom stereocenters. The van der Waals surface area contributed by atoms with E-state index in [9.17, 15) is 22.4 Å². The van der Waals surface area contributed by atoms with Crippen LogP contribution in [0.15, 0.2) is 35.3 Å². The summed E-state index contributed by atoms with van der Waals surface area (Å²) in [4.78, 5) is 16.4. The molecule has 10 heteroatoms.